The summed E-state index contributed by atoms with van der Waals surface area (Å²) in [4.78, 5) is 24.8. The van der Waals surface area contributed by atoms with Crippen molar-refractivity contribution in [2.75, 3.05) is 11.4 Å². The van der Waals surface area contributed by atoms with Crippen molar-refractivity contribution in [2.24, 2.45) is 0 Å². The molecule has 1 amide bonds. The molecule has 0 spiro atoms. The molecule has 0 bridgehead atoms. The Bertz CT molecular complexity index is 509. The van der Waals surface area contributed by atoms with Gasteiger partial charge in [-0.05, 0) is 40.8 Å². The predicted molar refractivity (Wildman–Crippen MR) is 85.9 cm³/mol. The van der Waals surface area contributed by atoms with Crippen LogP contribution in [0.4, 0.5) is 5.69 Å². The van der Waals surface area contributed by atoms with E-state index in [1.807, 2.05) is 18.2 Å². The van der Waals surface area contributed by atoms with E-state index in [1.54, 1.807) is 11.8 Å². The van der Waals surface area contributed by atoms with Gasteiger partial charge < -0.3 is 4.90 Å². The van der Waals surface area contributed by atoms with E-state index in [2.05, 4.69) is 38.5 Å². The van der Waals surface area contributed by atoms with Crippen molar-refractivity contribution in [1.82, 2.24) is 0 Å². The number of thioether (sulfide) groups is 1. The van der Waals surface area contributed by atoms with Gasteiger partial charge in [0.15, 0.2) is 5.12 Å². The molecule has 0 aliphatic carbocycles. The zero-order chi connectivity index (χ0) is 13.3. The van der Waals surface area contributed by atoms with Crippen LogP contribution in [0.15, 0.2) is 22.7 Å². The van der Waals surface area contributed by atoms with Crippen molar-refractivity contribution in [3.8, 4) is 0 Å². The standard InChI is InChI=1S/C12H11BrINO2S/c1-7(16)18-9-5-12(17)15(6-9)11-3-2-8(13)4-10(11)14/h2-4,9H,5-6H2,1H3. The quantitative estimate of drug-likeness (QED) is 0.662. The Morgan fingerprint density at radius 2 is 2.28 bits per heavy atom. The summed E-state index contributed by atoms with van der Waals surface area (Å²) in [6, 6.07) is 5.84. The molecule has 0 radical (unpaired) electrons. The van der Waals surface area contributed by atoms with Gasteiger partial charge in [-0.25, -0.2) is 0 Å². The highest BCUT2D eigenvalue weighted by atomic mass is 127. The topological polar surface area (TPSA) is 37.4 Å². The van der Waals surface area contributed by atoms with E-state index in [1.165, 1.54) is 11.8 Å². The lowest BCUT2D eigenvalue weighted by atomic mass is 10.3. The van der Waals surface area contributed by atoms with Crippen LogP contribution >= 0.6 is 50.3 Å². The highest BCUT2D eigenvalue weighted by molar-refractivity contribution is 14.1. The molecule has 1 aliphatic heterocycles. The zero-order valence-electron chi connectivity index (χ0n) is 9.65. The largest absolute Gasteiger partial charge is 0.310 e. The van der Waals surface area contributed by atoms with E-state index in [9.17, 15) is 9.59 Å². The van der Waals surface area contributed by atoms with E-state index in [-0.39, 0.29) is 16.3 Å². The third-order valence-corrected chi connectivity index (χ3v) is 4.96. The van der Waals surface area contributed by atoms with Crippen molar-refractivity contribution in [1.29, 1.82) is 0 Å². The maximum atomic E-state index is 12.0. The maximum absolute atomic E-state index is 12.0. The van der Waals surface area contributed by atoms with Gasteiger partial charge in [0.2, 0.25) is 5.91 Å². The molecule has 18 heavy (non-hydrogen) atoms. The summed E-state index contributed by atoms with van der Waals surface area (Å²) >= 11 is 6.89. The molecular formula is C12H11BrINO2S. The molecule has 1 unspecified atom stereocenters. The molecule has 2 rings (SSSR count). The van der Waals surface area contributed by atoms with Gasteiger partial charge in [-0.1, -0.05) is 27.7 Å². The van der Waals surface area contributed by atoms with Crippen molar-refractivity contribution in [2.45, 2.75) is 18.6 Å². The first-order valence-corrected chi connectivity index (χ1v) is 8.15. The molecule has 1 fully saturated rings. The summed E-state index contributed by atoms with van der Waals surface area (Å²) in [5, 5.41) is 0.148. The van der Waals surface area contributed by atoms with Gasteiger partial charge in [-0.15, -0.1) is 0 Å². The van der Waals surface area contributed by atoms with Crippen LogP contribution in [-0.4, -0.2) is 22.8 Å². The lowest BCUT2D eigenvalue weighted by Crippen LogP contribution is -2.25. The average molecular weight is 440 g/mol. The van der Waals surface area contributed by atoms with Gasteiger partial charge in [0.05, 0.1) is 5.69 Å². The molecule has 0 aromatic heterocycles. The monoisotopic (exact) mass is 439 g/mol. The number of carbonyl (C=O) groups excluding carboxylic acids is 2. The van der Waals surface area contributed by atoms with Crippen LogP contribution in [0, 0.1) is 3.57 Å². The molecule has 1 heterocycles. The van der Waals surface area contributed by atoms with Gasteiger partial charge in [0.1, 0.15) is 0 Å². The van der Waals surface area contributed by atoms with E-state index < -0.39 is 0 Å². The molecule has 3 nitrogen and oxygen atoms in total. The first kappa shape index (κ1) is 14.3. The molecule has 0 N–H and O–H groups in total. The van der Waals surface area contributed by atoms with Gasteiger partial charge in [0.25, 0.3) is 0 Å². The number of hydrogen-bond donors (Lipinski definition) is 0. The summed E-state index contributed by atoms with van der Waals surface area (Å²) in [6.07, 6.45) is 0.441. The number of halogens is 2. The fourth-order valence-corrected chi connectivity index (χ4v) is 4.44. The molecule has 0 saturated carbocycles. The van der Waals surface area contributed by atoms with Crippen molar-refractivity contribution < 1.29 is 9.59 Å². The van der Waals surface area contributed by atoms with Crippen molar-refractivity contribution >= 4 is 67.0 Å². The summed E-state index contributed by atoms with van der Waals surface area (Å²) in [5.41, 5.74) is 0.926. The minimum atomic E-state index is 0.0696. The Hall–Kier alpha value is -0.0800. The summed E-state index contributed by atoms with van der Waals surface area (Å²) in [6.45, 7) is 2.15. The number of anilines is 1. The minimum absolute atomic E-state index is 0.0696. The molecule has 1 saturated heterocycles. The zero-order valence-corrected chi connectivity index (χ0v) is 14.2. The first-order valence-electron chi connectivity index (χ1n) is 5.40. The first-order chi connectivity index (χ1) is 8.47. The van der Waals surface area contributed by atoms with Crippen LogP contribution in [0.25, 0.3) is 0 Å². The Balaban J connectivity index is 2.19. The molecule has 6 heteroatoms. The fourth-order valence-electron chi connectivity index (χ4n) is 1.92. The van der Waals surface area contributed by atoms with E-state index in [0.29, 0.717) is 13.0 Å². The Morgan fingerprint density at radius 1 is 1.56 bits per heavy atom. The Kier molecular flexibility index (Phi) is 4.71. The minimum Gasteiger partial charge on any atom is -0.310 e. The fraction of sp³-hybridized carbons (Fsp3) is 0.333. The summed E-state index contributed by atoms with van der Waals surface area (Å²) < 4.78 is 2.03. The molecule has 96 valence electrons. The van der Waals surface area contributed by atoms with Crippen molar-refractivity contribution in [3.05, 3.63) is 26.2 Å². The second kappa shape index (κ2) is 5.92. The van der Waals surface area contributed by atoms with Crippen molar-refractivity contribution in [3.63, 3.8) is 0 Å². The highest BCUT2D eigenvalue weighted by Crippen LogP contribution is 2.32. The Morgan fingerprint density at radius 3 is 2.89 bits per heavy atom. The number of amides is 1. The van der Waals surface area contributed by atoms with Gasteiger partial charge in [-0.2, -0.15) is 0 Å². The van der Waals surface area contributed by atoms with Gasteiger partial charge in [0, 0.05) is 33.2 Å². The number of carbonyl (C=O) groups is 2. The smallest absolute Gasteiger partial charge is 0.228 e. The van der Waals surface area contributed by atoms with Crippen LogP contribution < -0.4 is 4.90 Å². The SMILES string of the molecule is CC(=O)SC1CC(=O)N(c2ccc(Br)cc2I)C1. The summed E-state index contributed by atoms with van der Waals surface area (Å²) in [7, 11) is 0. The molecular weight excluding hydrogens is 429 g/mol. The molecule has 1 aromatic carbocycles. The van der Waals surface area contributed by atoms with Crippen LogP contribution in [0.1, 0.15) is 13.3 Å². The highest BCUT2D eigenvalue weighted by Gasteiger charge is 2.32. The van der Waals surface area contributed by atoms with E-state index in [0.717, 1.165) is 13.7 Å². The van der Waals surface area contributed by atoms with E-state index in [4.69, 9.17) is 0 Å². The second-order valence-corrected chi connectivity index (χ2v) is 7.59. The number of benzene rings is 1. The number of nitrogens with zero attached hydrogens (tertiary/aromatic N) is 1. The summed E-state index contributed by atoms with van der Waals surface area (Å²) in [5.74, 6) is 0.0917. The third-order valence-electron chi connectivity index (χ3n) is 2.62. The lowest BCUT2D eigenvalue weighted by molar-refractivity contribution is -0.117. The van der Waals surface area contributed by atoms with E-state index >= 15 is 0 Å². The van der Waals surface area contributed by atoms with Gasteiger partial charge >= 0.3 is 0 Å². The average Bonchev–Trinajstić information content (AvgIpc) is 2.58. The van der Waals surface area contributed by atoms with Gasteiger partial charge in [-0.3, -0.25) is 9.59 Å². The third kappa shape index (κ3) is 3.27. The van der Waals surface area contributed by atoms with Crippen LogP contribution in [-0.2, 0) is 9.59 Å². The molecule has 1 aliphatic rings. The normalized spacial score (nSPS) is 19.4. The lowest BCUT2D eigenvalue weighted by Gasteiger charge is -2.18. The second-order valence-electron chi connectivity index (χ2n) is 4.04. The van der Waals surface area contributed by atoms with Crippen LogP contribution in [0.5, 0.6) is 0 Å². The Labute approximate surface area is 132 Å². The number of hydrogen-bond acceptors (Lipinski definition) is 3. The maximum Gasteiger partial charge on any atom is 0.228 e. The molecule has 1 atom stereocenters. The molecule has 1 aromatic rings. The number of rotatable bonds is 2. The van der Waals surface area contributed by atoms with Crippen LogP contribution in [0.2, 0.25) is 0 Å². The van der Waals surface area contributed by atoms with Crippen LogP contribution in [0.3, 0.4) is 0 Å². The predicted octanol–water partition coefficient (Wildman–Crippen LogP) is 3.44.